The van der Waals surface area contributed by atoms with E-state index in [0.717, 1.165) is 10.8 Å². The molecule has 1 heterocycles. The third kappa shape index (κ3) is 4.63. The Kier molecular flexibility index (Phi) is 5.15. The molecule has 5 nitrogen and oxygen atoms in total. The van der Waals surface area contributed by atoms with Crippen LogP contribution in [0.4, 0.5) is 5.69 Å². The van der Waals surface area contributed by atoms with Crippen LogP contribution in [0.3, 0.4) is 0 Å². The molecule has 0 aliphatic heterocycles. The fourth-order valence-electron chi connectivity index (χ4n) is 2.59. The van der Waals surface area contributed by atoms with Crippen LogP contribution in [0.1, 0.15) is 41.6 Å². The van der Waals surface area contributed by atoms with Crippen LogP contribution in [0.15, 0.2) is 54.6 Å². The van der Waals surface area contributed by atoms with Crippen LogP contribution in [-0.4, -0.2) is 22.3 Å². The quantitative estimate of drug-likeness (QED) is 0.647. The first-order valence-corrected chi connectivity index (χ1v) is 8.90. The molecule has 138 valence electrons. The van der Waals surface area contributed by atoms with E-state index >= 15 is 0 Å². The Morgan fingerprint density at radius 3 is 2.30 bits per heavy atom. The van der Waals surface area contributed by atoms with Crippen LogP contribution in [0.25, 0.3) is 10.8 Å². The summed E-state index contributed by atoms with van der Waals surface area (Å²) >= 11 is 6.18. The number of hydrogen-bond donors (Lipinski definition) is 2. The van der Waals surface area contributed by atoms with Crippen molar-refractivity contribution >= 4 is 39.9 Å². The summed E-state index contributed by atoms with van der Waals surface area (Å²) in [6.45, 7) is 5.75. The number of nitrogens with one attached hydrogen (secondary N) is 2. The lowest BCUT2D eigenvalue weighted by Gasteiger charge is -2.20. The molecule has 0 aliphatic carbocycles. The van der Waals surface area contributed by atoms with Gasteiger partial charge in [-0.2, -0.15) is 0 Å². The van der Waals surface area contributed by atoms with E-state index in [4.69, 9.17) is 11.6 Å². The van der Waals surface area contributed by atoms with Gasteiger partial charge in [0.05, 0.1) is 0 Å². The van der Waals surface area contributed by atoms with Gasteiger partial charge in [0, 0.05) is 22.2 Å². The van der Waals surface area contributed by atoms with Crippen molar-refractivity contribution < 1.29 is 9.59 Å². The summed E-state index contributed by atoms with van der Waals surface area (Å²) in [5, 5.41) is 7.59. The molecular weight excluding hydrogens is 362 g/mol. The van der Waals surface area contributed by atoms with Crippen molar-refractivity contribution in [3.63, 3.8) is 0 Å². The van der Waals surface area contributed by atoms with Crippen molar-refractivity contribution in [2.45, 2.75) is 26.3 Å². The van der Waals surface area contributed by atoms with Gasteiger partial charge in [0.25, 0.3) is 11.8 Å². The van der Waals surface area contributed by atoms with E-state index in [1.165, 1.54) is 0 Å². The lowest BCUT2D eigenvalue weighted by Crippen LogP contribution is -2.40. The molecule has 3 rings (SSSR count). The van der Waals surface area contributed by atoms with Gasteiger partial charge in [0.1, 0.15) is 10.8 Å². The van der Waals surface area contributed by atoms with Gasteiger partial charge >= 0.3 is 0 Å². The molecule has 0 bridgehead atoms. The number of carbonyl (C=O) groups excluding carboxylic acids is 2. The van der Waals surface area contributed by atoms with Crippen LogP contribution in [0, 0.1) is 0 Å². The number of pyridine rings is 1. The maximum Gasteiger partial charge on any atom is 0.274 e. The van der Waals surface area contributed by atoms with E-state index in [1.54, 1.807) is 30.3 Å². The summed E-state index contributed by atoms with van der Waals surface area (Å²) in [7, 11) is 0. The molecule has 1 aromatic heterocycles. The number of aromatic nitrogens is 1. The van der Waals surface area contributed by atoms with Gasteiger partial charge in [-0.3, -0.25) is 9.59 Å². The van der Waals surface area contributed by atoms with Crippen LogP contribution >= 0.6 is 11.6 Å². The van der Waals surface area contributed by atoms with Gasteiger partial charge in [-0.05, 0) is 56.5 Å². The number of fused-ring (bicyclic) bond motifs is 1. The van der Waals surface area contributed by atoms with Crippen molar-refractivity contribution in [2.24, 2.45) is 0 Å². The number of amides is 2. The fraction of sp³-hybridized carbons (Fsp3) is 0.190. The summed E-state index contributed by atoms with van der Waals surface area (Å²) in [5.74, 6) is -0.530. The van der Waals surface area contributed by atoms with Crippen LogP contribution in [-0.2, 0) is 0 Å². The molecule has 2 amide bonds. The second-order valence-electron chi connectivity index (χ2n) is 7.26. The largest absolute Gasteiger partial charge is 0.347 e. The SMILES string of the molecule is CC(C)(C)NC(=O)c1ccc(NC(=O)c2cc3ccccc3c(Cl)n2)cc1. The molecule has 27 heavy (non-hydrogen) atoms. The Hall–Kier alpha value is -2.92. The fourth-order valence-corrected chi connectivity index (χ4v) is 2.85. The first-order chi connectivity index (χ1) is 12.7. The molecule has 3 aromatic rings. The topological polar surface area (TPSA) is 71.1 Å². The molecule has 2 N–H and O–H groups in total. The van der Waals surface area contributed by atoms with Gasteiger partial charge in [0.15, 0.2) is 0 Å². The van der Waals surface area contributed by atoms with E-state index in [1.807, 2.05) is 45.0 Å². The number of hydrogen-bond acceptors (Lipinski definition) is 3. The summed E-state index contributed by atoms with van der Waals surface area (Å²) < 4.78 is 0. The Bertz CT molecular complexity index is 1010. The highest BCUT2D eigenvalue weighted by atomic mass is 35.5. The van der Waals surface area contributed by atoms with Gasteiger partial charge in [-0.1, -0.05) is 35.9 Å². The van der Waals surface area contributed by atoms with Gasteiger partial charge < -0.3 is 10.6 Å². The molecule has 0 atom stereocenters. The zero-order chi connectivity index (χ0) is 19.6. The van der Waals surface area contributed by atoms with Crippen molar-refractivity contribution in [3.8, 4) is 0 Å². The van der Waals surface area contributed by atoms with Gasteiger partial charge in [-0.15, -0.1) is 0 Å². The van der Waals surface area contributed by atoms with Crippen molar-refractivity contribution in [1.29, 1.82) is 0 Å². The van der Waals surface area contributed by atoms with Gasteiger partial charge in [0.2, 0.25) is 0 Å². The minimum atomic E-state index is -0.366. The number of carbonyl (C=O) groups is 2. The van der Waals surface area contributed by atoms with Crippen molar-refractivity contribution in [3.05, 3.63) is 71.0 Å². The minimum Gasteiger partial charge on any atom is -0.347 e. The predicted octanol–water partition coefficient (Wildman–Crippen LogP) is 4.67. The first-order valence-electron chi connectivity index (χ1n) is 8.52. The Morgan fingerprint density at radius 2 is 1.63 bits per heavy atom. The highest BCUT2D eigenvalue weighted by Gasteiger charge is 2.16. The lowest BCUT2D eigenvalue weighted by molar-refractivity contribution is 0.0919. The third-order valence-electron chi connectivity index (χ3n) is 3.82. The highest BCUT2D eigenvalue weighted by molar-refractivity contribution is 6.34. The number of anilines is 1. The second kappa shape index (κ2) is 7.37. The predicted molar refractivity (Wildman–Crippen MR) is 108 cm³/mol. The molecular formula is C21H20ClN3O2. The van der Waals surface area contributed by atoms with E-state index in [2.05, 4.69) is 15.6 Å². The zero-order valence-electron chi connectivity index (χ0n) is 15.3. The summed E-state index contributed by atoms with van der Waals surface area (Å²) in [6.07, 6.45) is 0. The Labute approximate surface area is 162 Å². The summed E-state index contributed by atoms with van der Waals surface area (Å²) in [6, 6.07) is 15.9. The molecule has 0 saturated heterocycles. The van der Waals surface area contributed by atoms with Crippen LogP contribution < -0.4 is 10.6 Å². The third-order valence-corrected chi connectivity index (χ3v) is 4.11. The minimum absolute atomic E-state index is 0.164. The molecule has 0 spiro atoms. The monoisotopic (exact) mass is 381 g/mol. The van der Waals surface area contributed by atoms with E-state index < -0.39 is 0 Å². The lowest BCUT2D eigenvalue weighted by atomic mass is 10.1. The van der Waals surface area contributed by atoms with Crippen LogP contribution in [0.5, 0.6) is 0 Å². The molecule has 0 unspecified atom stereocenters. The molecule has 0 aliphatic rings. The standard InChI is InChI=1S/C21H20ClN3O2/c1-21(2,3)25-19(26)13-8-10-15(11-9-13)23-20(27)17-12-14-6-4-5-7-16(14)18(22)24-17/h4-12H,1-3H3,(H,23,27)(H,25,26). The average Bonchev–Trinajstić information content (AvgIpc) is 2.61. The van der Waals surface area contributed by atoms with Crippen molar-refractivity contribution in [1.82, 2.24) is 10.3 Å². The van der Waals surface area contributed by atoms with E-state index in [0.29, 0.717) is 11.3 Å². The maximum absolute atomic E-state index is 12.5. The summed E-state index contributed by atoms with van der Waals surface area (Å²) in [4.78, 5) is 28.8. The molecule has 0 saturated carbocycles. The normalized spacial score (nSPS) is 11.3. The number of benzene rings is 2. The molecule has 0 radical (unpaired) electrons. The average molecular weight is 382 g/mol. The number of nitrogens with zero attached hydrogens (tertiary/aromatic N) is 1. The number of rotatable bonds is 3. The molecule has 0 fully saturated rings. The smallest absolute Gasteiger partial charge is 0.274 e. The van der Waals surface area contributed by atoms with Crippen LogP contribution in [0.2, 0.25) is 5.15 Å². The highest BCUT2D eigenvalue weighted by Crippen LogP contribution is 2.23. The van der Waals surface area contributed by atoms with Crippen molar-refractivity contribution in [2.75, 3.05) is 5.32 Å². The Morgan fingerprint density at radius 1 is 0.963 bits per heavy atom. The Balaban J connectivity index is 1.76. The van der Waals surface area contributed by atoms with E-state index in [-0.39, 0.29) is 28.2 Å². The zero-order valence-corrected chi connectivity index (χ0v) is 16.1. The number of halogens is 1. The maximum atomic E-state index is 12.5. The molecule has 6 heteroatoms. The second-order valence-corrected chi connectivity index (χ2v) is 7.61. The van der Waals surface area contributed by atoms with E-state index in [9.17, 15) is 9.59 Å². The summed E-state index contributed by atoms with van der Waals surface area (Å²) in [5.41, 5.74) is 1.01. The molecule has 2 aromatic carbocycles. The van der Waals surface area contributed by atoms with Gasteiger partial charge in [-0.25, -0.2) is 4.98 Å². The first kappa shape index (κ1) is 18.9.